The highest BCUT2D eigenvalue weighted by atomic mass is 16.5. The van der Waals surface area contributed by atoms with Crippen LogP contribution in [0.2, 0.25) is 0 Å². The van der Waals surface area contributed by atoms with E-state index >= 15 is 0 Å². The van der Waals surface area contributed by atoms with Crippen LogP contribution in [-0.2, 0) is 0 Å². The van der Waals surface area contributed by atoms with Crippen molar-refractivity contribution in [3.05, 3.63) is 54.1 Å². The van der Waals surface area contributed by atoms with Gasteiger partial charge in [0.15, 0.2) is 0 Å². The molecule has 5 heteroatoms. The third kappa shape index (κ3) is 13.2. The fourth-order valence-corrected chi connectivity index (χ4v) is 3.82. The second-order valence-electron chi connectivity index (χ2n) is 9.05. The minimum atomic E-state index is -0.388. The number of esters is 1. The van der Waals surface area contributed by atoms with Crippen LogP contribution in [0.25, 0.3) is 0 Å². The standard InChI is InChI=1S/C30H44O5/c1-2-3-4-13-24-34-28-19-21-29(22-20-28)35-30(32)26-15-17-27(18-16-26)33-25-14-11-9-7-5-6-8-10-12-23-31/h15-22,31H,2-14,23-25H2,1H3. The maximum atomic E-state index is 12.4. The van der Waals surface area contributed by atoms with Gasteiger partial charge < -0.3 is 19.3 Å². The van der Waals surface area contributed by atoms with Crippen LogP contribution in [0.3, 0.4) is 0 Å². The Morgan fingerprint density at radius 3 is 1.54 bits per heavy atom. The monoisotopic (exact) mass is 484 g/mol. The Labute approximate surface area is 211 Å². The zero-order valence-electron chi connectivity index (χ0n) is 21.5. The van der Waals surface area contributed by atoms with Crippen LogP contribution >= 0.6 is 0 Å². The molecule has 0 saturated carbocycles. The number of aliphatic hydroxyl groups excluding tert-OH is 1. The van der Waals surface area contributed by atoms with E-state index in [-0.39, 0.29) is 5.97 Å². The lowest BCUT2D eigenvalue weighted by molar-refractivity contribution is 0.0734. The molecule has 0 aromatic heterocycles. The van der Waals surface area contributed by atoms with E-state index in [1.807, 2.05) is 24.3 Å². The minimum Gasteiger partial charge on any atom is -0.494 e. The normalized spacial score (nSPS) is 10.8. The Balaban J connectivity index is 1.58. The molecule has 0 aliphatic heterocycles. The summed E-state index contributed by atoms with van der Waals surface area (Å²) in [7, 11) is 0. The zero-order valence-corrected chi connectivity index (χ0v) is 21.5. The molecule has 0 aliphatic rings. The van der Waals surface area contributed by atoms with E-state index in [0.717, 1.165) is 37.2 Å². The maximum Gasteiger partial charge on any atom is 0.343 e. The fraction of sp³-hybridized carbons (Fsp3) is 0.567. The molecule has 2 aromatic carbocycles. The van der Waals surface area contributed by atoms with Crippen LogP contribution < -0.4 is 14.2 Å². The van der Waals surface area contributed by atoms with Crippen LogP contribution in [0.4, 0.5) is 0 Å². The van der Waals surface area contributed by atoms with E-state index in [2.05, 4.69) is 6.92 Å². The van der Waals surface area contributed by atoms with E-state index in [9.17, 15) is 4.79 Å². The number of hydrogen-bond donors (Lipinski definition) is 1. The van der Waals surface area contributed by atoms with E-state index < -0.39 is 0 Å². The average molecular weight is 485 g/mol. The van der Waals surface area contributed by atoms with Crippen LogP contribution in [-0.4, -0.2) is 30.9 Å². The third-order valence-electron chi connectivity index (χ3n) is 5.96. The molecule has 0 radical (unpaired) electrons. The molecule has 2 aromatic rings. The number of ether oxygens (including phenoxy) is 3. The molecule has 5 nitrogen and oxygen atoms in total. The summed E-state index contributed by atoms with van der Waals surface area (Å²) < 4.78 is 17.0. The Hall–Kier alpha value is -2.53. The van der Waals surface area contributed by atoms with Crippen molar-refractivity contribution in [1.82, 2.24) is 0 Å². The molecule has 0 amide bonds. The number of aliphatic hydroxyl groups is 1. The Morgan fingerprint density at radius 2 is 1.03 bits per heavy atom. The molecule has 0 aliphatic carbocycles. The summed E-state index contributed by atoms with van der Waals surface area (Å²) >= 11 is 0. The van der Waals surface area contributed by atoms with E-state index in [1.54, 1.807) is 24.3 Å². The van der Waals surface area contributed by atoms with Gasteiger partial charge in [0.1, 0.15) is 17.2 Å². The Kier molecular flexibility index (Phi) is 15.4. The van der Waals surface area contributed by atoms with E-state index in [0.29, 0.717) is 31.1 Å². The SMILES string of the molecule is CCCCCCOc1ccc(OC(=O)c2ccc(OCCCCCCCCCCCO)cc2)cc1. The number of carbonyl (C=O) groups is 1. The van der Waals surface area contributed by atoms with Gasteiger partial charge in [0, 0.05) is 6.61 Å². The Morgan fingerprint density at radius 1 is 0.600 bits per heavy atom. The van der Waals surface area contributed by atoms with E-state index in [1.165, 1.54) is 57.8 Å². The number of carbonyl (C=O) groups excluding carboxylic acids is 1. The topological polar surface area (TPSA) is 65.0 Å². The van der Waals surface area contributed by atoms with Crippen LogP contribution in [0.1, 0.15) is 101 Å². The van der Waals surface area contributed by atoms with Crippen LogP contribution in [0.15, 0.2) is 48.5 Å². The molecule has 0 atom stereocenters. The molecule has 0 spiro atoms. The van der Waals surface area contributed by atoms with Crippen LogP contribution in [0, 0.1) is 0 Å². The molecule has 35 heavy (non-hydrogen) atoms. The zero-order chi connectivity index (χ0) is 25.0. The first kappa shape index (κ1) is 28.7. The number of rotatable bonds is 20. The van der Waals surface area contributed by atoms with Gasteiger partial charge in [-0.2, -0.15) is 0 Å². The molecule has 0 saturated heterocycles. The maximum absolute atomic E-state index is 12.4. The number of unbranched alkanes of at least 4 members (excludes halogenated alkanes) is 11. The smallest absolute Gasteiger partial charge is 0.343 e. The summed E-state index contributed by atoms with van der Waals surface area (Å²) in [5, 5.41) is 8.77. The Bertz CT molecular complexity index is 785. The average Bonchev–Trinajstić information content (AvgIpc) is 2.88. The van der Waals surface area contributed by atoms with Crippen molar-refractivity contribution in [2.45, 2.75) is 90.4 Å². The first-order chi connectivity index (χ1) is 17.2. The van der Waals surface area contributed by atoms with Crippen molar-refractivity contribution in [1.29, 1.82) is 0 Å². The van der Waals surface area contributed by atoms with Crippen molar-refractivity contribution in [2.24, 2.45) is 0 Å². The summed E-state index contributed by atoms with van der Waals surface area (Å²) in [4.78, 5) is 12.4. The van der Waals surface area contributed by atoms with Crippen molar-refractivity contribution in [2.75, 3.05) is 19.8 Å². The van der Waals surface area contributed by atoms with Gasteiger partial charge in [-0.1, -0.05) is 71.1 Å². The van der Waals surface area contributed by atoms with Gasteiger partial charge in [-0.15, -0.1) is 0 Å². The highest BCUT2D eigenvalue weighted by molar-refractivity contribution is 5.91. The van der Waals surface area contributed by atoms with Gasteiger partial charge in [0.05, 0.1) is 18.8 Å². The molecule has 0 heterocycles. The summed E-state index contributed by atoms with van der Waals surface area (Å²) in [6, 6.07) is 14.3. The summed E-state index contributed by atoms with van der Waals surface area (Å²) in [5.41, 5.74) is 0.493. The molecule has 2 rings (SSSR count). The van der Waals surface area contributed by atoms with Gasteiger partial charge >= 0.3 is 5.97 Å². The lowest BCUT2D eigenvalue weighted by atomic mass is 10.1. The third-order valence-corrected chi connectivity index (χ3v) is 5.96. The van der Waals surface area contributed by atoms with Gasteiger partial charge in [0.25, 0.3) is 0 Å². The van der Waals surface area contributed by atoms with Crippen LogP contribution in [0.5, 0.6) is 17.2 Å². The summed E-state index contributed by atoms with van der Waals surface area (Å²) in [6.07, 6.45) is 15.2. The summed E-state index contributed by atoms with van der Waals surface area (Å²) in [5.74, 6) is 1.67. The molecule has 0 fully saturated rings. The highest BCUT2D eigenvalue weighted by Gasteiger charge is 2.09. The first-order valence-electron chi connectivity index (χ1n) is 13.5. The minimum absolute atomic E-state index is 0.316. The summed E-state index contributed by atoms with van der Waals surface area (Å²) in [6.45, 7) is 3.91. The lowest BCUT2D eigenvalue weighted by Gasteiger charge is -2.09. The molecule has 1 N–H and O–H groups in total. The first-order valence-corrected chi connectivity index (χ1v) is 13.5. The van der Waals surface area contributed by atoms with Crippen molar-refractivity contribution in [3.8, 4) is 17.2 Å². The van der Waals surface area contributed by atoms with Crippen molar-refractivity contribution in [3.63, 3.8) is 0 Å². The predicted octanol–water partition coefficient (Wildman–Crippen LogP) is 7.75. The second kappa shape index (κ2) is 18.8. The van der Waals surface area contributed by atoms with Crippen molar-refractivity contribution >= 4 is 5.97 Å². The molecule has 0 bridgehead atoms. The number of hydrogen-bond acceptors (Lipinski definition) is 5. The van der Waals surface area contributed by atoms with Gasteiger partial charge in [0.2, 0.25) is 0 Å². The molecular formula is C30H44O5. The number of benzene rings is 2. The highest BCUT2D eigenvalue weighted by Crippen LogP contribution is 2.20. The quantitative estimate of drug-likeness (QED) is 0.118. The van der Waals surface area contributed by atoms with Gasteiger partial charge in [-0.25, -0.2) is 4.79 Å². The lowest BCUT2D eigenvalue weighted by Crippen LogP contribution is -2.08. The van der Waals surface area contributed by atoms with Gasteiger partial charge in [-0.3, -0.25) is 0 Å². The largest absolute Gasteiger partial charge is 0.494 e. The molecular weight excluding hydrogens is 440 g/mol. The second-order valence-corrected chi connectivity index (χ2v) is 9.05. The van der Waals surface area contributed by atoms with E-state index in [4.69, 9.17) is 19.3 Å². The fourth-order valence-electron chi connectivity index (χ4n) is 3.82. The van der Waals surface area contributed by atoms with Gasteiger partial charge in [-0.05, 0) is 67.8 Å². The van der Waals surface area contributed by atoms with Crippen molar-refractivity contribution < 1.29 is 24.1 Å². The molecule has 194 valence electrons. The molecule has 0 unspecified atom stereocenters. The predicted molar refractivity (Wildman–Crippen MR) is 142 cm³/mol.